The number of aromatic amines is 1. The van der Waals surface area contributed by atoms with Crippen LogP contribution in [0.25, 0.3) is 10.9 Å². The van der Waals surface area contributed by atoms with E-state index >= 15 is 0 Å². The number of carbonyl (C=O) groups is 1. The van der Waals surface area contributed by atoms with Crippen LogP contribution in [0, 0.1) is 0 Å². The van der Waals surface area contributed by atoms with Gasteiger partial charge in [0, 0.05) is 42.1 Å². The van der Waals surface area contributed by atoms with Crippen LogP contribution in [0.1, 0.15) is 66.4 Å². The summed E-state index contributed by atoms with van der Waals surface area (Å²) in [5.74, 6) is 0.981. The molecular weight excluding hydrogens is 366 g/mol. The Bertz CT molecular complexity index is 764. The SMILES string of the molecule is CC.CC.COc1ccc2[nH]cc(C3CC(N)CN(C(=O)OC(C)(C)C)C3)c2c1. The normalized spacial score (nSPS) is 18.9. The van der Waals surface area contributed by atoms with Crippen molar-refractivity contribution in [1.29, 1.82) is 0 Å². The van der Waals surface area contributed by atoms with Gasteiger partial charge in [0.15, 0.2) is 0 Å². The van der Waals surface area contributed by atoms with Gasteiger partial charge < -0.3 is 25.1 Å². The van der Waals surface area contributed by atoms with Crippen LogP contribution >= 0.6 is 0 Å². The van der Waals surface area contributed by atoms with Gasteiger partial charge in [-0.1, -0.05) is 27.7 Å². The zero-order chi connectivity index (χ0) is 22.2. The number of nitrogens with two attached hydrogens (primary N) is 1. The molecule has 3 N–H and O–H groups in total. The highest BCUT2D eigenvalue weighted by atomic mass is 16.6. The van der Waals surface area contributed by atoms with Gasteiger partial charge in [-0.05, 0) is 51.0 Å². The molecule has 0 radical (unpaired) electrons. The number of likely N-dealkylation sites (tertiary alicyclic amines) is 1. The third-order valence-electron chi connectivity index (χ3n) is 4.50. The smallest absolute Gasteiger partial charge is 0.410 e. The van der Waals surface area contributed by atoms with E-state index in [4.69, 9.17) is 15.2 Å². The minimum absolute atomic E-state index is 0.0678. The van der Waals surface area contributed by atoms with E-state index in [9.17, 15) is 4.79 Å². The van der Waals surface area contributed by atoms with Crippen LogP contribution in [0.5, 0.6) is 5.75 Å². The number of hydrogen-bond acceptors (Lipinski definition) is 4. The monoisotopic (exact) mass is 405 g/mol. The standard InChI is InChI=1S/C19H27N3O3.2C2H6/c1-19(2,3)25-18(23)22-10-12(7-13(20)11-22)16-9-21-17-6-5-14(24-4)8-15(16)17;2*1-2/h5-6,8-9,12-13,21H,7,10-11,20H2,1-4H3;2*1-2H3. The van der Waals surface area contributed by atoms with Crippen LogP contribution in [0.15, 0.2) is 24.4 Å². The van der Waals surface area contributed by atoms with Gasteiger partial charge in [-0.2, -0.15) is 0 Å². The van der Waals surface area contributed by atoms with Crippen LogP contribution < -0.4 is 10.5 Å². The summed E-state index contributed by atoms with van der Waals surface area (Å²) in [7, 11) is 1.66. The van der Waals surface area contributed by atoms with E-state index in [1.54, 1.807) is 12.0 Å². The van der Waals surface area contributed by atoms with E-state index < -0.39 is 5.60 Å². The highest BCUT2D eigenvalue weighted by molar-refractivity contribution is 5.85. The third-order valence-corrected chi connectivity index (χ3v) is 4.50. The summed E-state index contributed by atoms with van der Waals surface area (Å²) in [4.78, 5) is 17.5. The first-order valence-corrected chi connectivity index (χ1v) is 10.7. The van der Waals surface area contributed by atoms with E-state index in [1.807, 2.05) is 72.9 Å². The number of rotatable bonds is 2. The Morgan fingerprint density at radius 2 is 1.83 bits per heavy atom. The number of aromatic nitrogens is 1. The highest BCUT2D eigenvalue weighted by Gasteiger charge is 2.32. The van der Waals surface area contributed by atoms with Crippen LogP contribution in [0.4, 0.5) is 4.79 Å². The molecule has 1 fully saturated rings. The number of nitrogens with one attached hydrogen (secondary N) is 1. The van der Waals surface area contributed by atoms with Gasteiger partial charge in [-0.25, -0.2) is 4.79 Å². The molecule has 2 atom stereocenters. The average molecular weight is 406 g/mol. The van der Waals surface area contributed by atoms with Crippen molar-refractivity contribution in [3.05, 3.63) is 30.0 Å². The van der Waals surface area contributed by atoms with Gasteiger partial charge in [0.1, 0.15) is 11.4 Å². The molecule has 1 aromatic carbocycles. The zero-order valence-corrected chi connectivity index (χ0v) is 19.3. The Morgan fingerprint density at radius 3 is 2.41 bits per heavy atom. The molecule has 2 heterocycles. The molecule has 0 bridgehead atoms. The maximum Gasteiger partial charge on any atom is 0.410 e. The second-order valence-electron chi connectivity index (χ2n) is 7.73. The summed E-state index contributed by atoms with van der Waals surface area (Å²) in [5.41, 5.74) is 7.95. The molecule has 6 heteroatoms. The zero-order valence-electron chi connectivity index (χ0n) is 19.3. The maximum absolute atomic E-state index is 12.5. The molecule has 0 aliphatic carbocycles. The average Bonchev–Trinajstić information content (AvgIpc) is 3.12. The highest BCUT2D eigenvalue weighted by Crippen LogP contribution is 2.34. The lowest BCUT2D eigenvalue weighted by Crippen LogP contribution is -2.50. The van der Waals surface area contributed by atoms with Gasteiger partial charge in [0.25, 0.3) is 0 Å². The molecule has 1 aliphatic rings. The third kappa shape index (κ3) is 6.67. The quantitative estimate of drug-likeness (QED) is 0.712. The number of benzene rings is 1. The molecule has 1 amide bonds. The predicted molar refractivity (Wildman–Crippen MR) is 121 cm³/mol. The van der Waals surface area contributed by atoms with Crippen molar-refractivity contribution in [2.75, 3.05) is 20.2 Å². The van der Waals surface area contributed by atoms with Crippen LogP contribution in [0.3, 0.4) is 0 Å². The fourth-order valence-electron chi connectivity index (χ4n) is 3.43. The van der Waals surface area contributed by atoms with Crippen molar-refractivity contribution in [3.8, 4) is 5.75 Å². The van der Waals surface area contributed by atoms with Crippen LogP contribution in [-0.4, -0.2) is 47.8 Å². The molecule has 164 valence electrons. The van der Waals surface area contributed by atoms with Gasteiger partial charge in [-0.15, -0.1) is 0 Å². The van der Waals surface area contributed by atoms with Crippen molar-refractivity contribution in [3.63, 3.8) is 0 Å². The molecule has 1 aliphatic heterocycles. The van der Waals surface area contributed by atoms with Gasteiger partial charge in [0.05, 0.1) is 7.11 Å². The Balaban J connectivity index is 0.000000989. The fraction of sp³-hybridized carbons (Fsp3) is 0.609. The number of hydrogen-bond donors (Lipinski definition) is 2. The number of ether oxygens (including phenoxy) is 2. The van der Waals surface area contributed by atoms with E-state index in [0.717, 1.165) is 28.6 Å². The lowest BCUT2D eigenvalue weighted by atomic mass is 9.88. The molecule has 0 saturated carbocycles. The van der Waals surface area contributed by atoms with Gasteiger partial charge in [-0.3, -0.25) is 0 Å². The van der Waals surface area contributed by atoms with E-state index in [-0.39, 0.29) is 18.1 Å². The fourth-order valence-corrected chi connectivity index (χ4v) is 3.43. The summed E-state index contributed by atoms with van der Waals surface area (Å²) in [5, 5.41) is 1.11. The van der Waals surface area contributed by atoms with Crippen molar-refractivity contribution < 1.29 is 14.3 Å². The molecule has 1 aromatic heterocycles. The van der Waals surface area contributed by atoms with E-state index in [2.05, 4.69) is 4.98 Å². The summed E-state index contributed by atoms with van der Waals surface area (Å²) in [6, 6.07) is 5.90. The van der Waals surface area contributed by atoms with Crippen molar-refractivity contribution >= 4 is 17.0 Å². The minimum Gasteiger partial charge on any atom is -0.497 e. The second kappa shape index (κ2) is 11.1. The first-order chi connectivity index (χ1) is 13.8. The number of fused-ring (bicyclic) bond motifs is 1. The number of amides is 1. The second-order valence-corrected chi connectivity index (χ2v) is 7.73. The first kappa shape index (κ1) is 24.8. The molecule has 2 unspecified atom stereocenters. The van der Waals surface area contributed by atoms with Crippen molar-refractivity contribution in [1.82, 2.24) is 9.88 Å². The first-order valence-electron chi connectivity index (χ1n) is 10.7. The summed E-state index contributed by atoms with van der Waals surface area (Å²) in [6.07, 6.45) is 2.55. The molecule has 0 spiro atoms. The van der Waals surface area contributed by atoms with Gasteiger partial charge >= 0.3 is 6.09 Å². The van der Waals surface area contributed by atoms with E-state index in [0.29, 0.717) is 13.1 Å². The lowest BCUT2D eigenvalue weighted by molar-refractivity contribution is 0.0181. The Kier molecular flexibility index (Phi) is 9.50. The van der Waals surface area contributed by atoms with Crippen molar-refractivity contribution in [2.45, 2.75) is 72.4 Å². The number of carbonyl (C=O) groups excluding carboxylic acids is 1. The van der Waals surface area contributed by atoms with Crippen molar-refractivity contribution in [2.24, 2.45) is 5.73 Å². The summed E-state index contributed by atoms with van der Waals surface area (Å²) in [6.45, 7) is 14.7. The molecule has 3 rings (SSSR count). The maximum atomic E-state index is 12.5. The summed E-state index contributed by atoms with van der Waals surface area (Å²) < 4.78 is 10.9. The lowest BCUT2D eigenvalue weighted by Gasteiger charge is -2.37. The number of piperidine rings is 1. The Morgan fingerprint density at radius 1 is 1.17 bits per heavy atom. The molecule has 2 aromatic rings. The number of nitrogens with zero attached hydrogens (tertiary/aromatic N) is 1. The van der Waals surface area contributed by atoms with Crippen LogP contribution in [0.2, 0.25) is 0 Å². The van der Waals surface area contributed by atoms with Crippen LogP contribution in [-0.2, 0) is 4.74 Å². The molecule has 1 saturated heterocycles. The largest absolute Gasteiger partial charge is 0.497 e. The van der Waals surface area contributed by atoms with Gasteiger partial charge in [0.2, 0.25) is 0 Å². The topological polar surface area (TPSA) is 80.6 Å². The summed E-state index contributed by atoms with van der Waals surface area (Å²) >= 11 is 0. The molecule has 6 nitrogen and oxygen atoms in total. The minimum atomic E-state index is -0.512. The predicted octanol–water partition coefficient (Wildman–Crippen LogP) is 5.28. The Labute approximate surface area is 175 Å². The Hall–Kier alpha value is -2.21. The van der Waals surface area contributed by atoms with E-state index in [1.165, 1.54) is 0 Å². The number of H-pyrrole nitrogens is 1. The molecule has 29 heavy (non-hydrogen) atoms. The molecular formula is C23H39N3O3. The number of methoxy groups -OCH3 is 1.